The Morgan fingerprint density at radius 1 is 0.643 bits per heavy atom. The van der Waals surface area contributed by atoms with E-state index in [0.717, 1.165) is 59.7 Å². The minimum Gasteiger partial charge on any atom is -0.400 e. The average Bonchev–Trinajstić information content (AvgIpc) is 3.90. The Labute approximate surface area is 353 Å². The molecule has 0 unspecified atom stereocenters. The summed E-state index contributed by atoms with van der Waals surface area (Å²) in [5.41, 5.74) is 10.1. The zero-order chi connectivity index (χ0) is 42.0. The maximum absolute atomic E-state index is 10.8. The first kappa shape index (κ1) is 47.7. The molecule has 3 heterocycles. The molecule has 6 rings (SSSR count). The fourth-order valence-corrected chi connectivity index (χ4v) is 6.90. The lowest BCUT2D eigenvalue weighted by molar-refractivity contribution is -0.0443. The van der Waals surface area contributed by atoms with Gasteiger partial charge in [0.25, 0.3) is 0 Å². The lowest BCUT2D eigenvalue weighted by atomic mass is 9.81. The number of hydrogen-bond acceptors (Lipinski definition) is 7. The van der Waals surface area contributed by atoms with Crippen molar-refractivity contribution in [2.24, 2.45) is 0 Å². The van der Waals surface area contributed by atoms with Crippen molar-refractivity contribution >= 4 is 56.4 Å². The van der Waals surface area contributed by atoms with Gasteiger partial charge in [0.1, 0.15) is 6.29 Å². The molecular formula is C46H61BBr2O7. The average molecular weight is 897 g/mol. The molecule has 7 nitrogen and oxygen atoms in total. The van der Waals surface area contributed by atoms with Crippen LogP contribution in [0.4, 0.5) is 0 Å². The Morgan fingerprint density at radius 2 is 1.02 bits per heavy atom. The van der Waals surface area contributed by atoms with Crippen LogP contribution in [0.25, 0.3) is 11.1 Å². The van der Waals surface area contributed by atoms with Gasteiger partial charge in [0.2, 0.25) is 0 Å². The van der Waals surface area contributed by atoms with Crippen LogP contribution < -0.4 is 0 Å². The number of ether oxygens (including phenoxy) is 4. The van der Waals surface area contributed by atoms with Crippen molar-refractivity contribution in [3.63, 3.8) is 0 Å². The summed E-state index contributed by atoms with van der Waals surface area (Å²) in [5, 5.41) is 0. The van der Waals surface area contributed by atoms with E-state index in [1.165, 1.54) is 11.1 Å². The van der Waals surface area contributed by atoms with Gasteiger partial charge in [-0.15, -0.1) is 6.58 Å². The minimum atomic E-state index is -0.243. The predicted octanol–water partition coefficient (Wildman–Crippen LogP) is 13.0. The molecule has 3 aliphatic rings. The van der Waals surface area contributed by atoms with Crippen molar-refractivity contribution in [3.05, 3.63) is 128 Å². The molecule has 0 N–H and O–H groups in total. The van der Waals surface area contributed by atoms with Crippen LogP contribution in [-0.4, -0.2) is 51.0 Å². The molecule has 0 aliphatic carbocycles. The van der Waals surface area contributed by atoms with Crippen LogP contribution in [0.5, 0.6) is 0 Å². The Kier molecular flexibility index (Phi) is 18.2. The molecule has 0 spiro atoms. The van der Waals surface area contributed by atoms with Gasteiger partial charge < -0.3 is 28.3 Å². The number of benzene rings is 3. The van der Waals surface area contributed by atoms with E-state index >= 15 is 0 Å². The van der Waals surface area contributed by atoms with Gasteiger partial charge in [-0.3, -0.25) is 4.79 Å². The van der Waals surface area contributed by atoms with Crippen LogP contribution in [-0.2, 0) is 28.3 Å². The third kappa shape index (κ3) is 14.0. The van der Waals surface area contributed by atoms with E-state index < -0.39 is 0 Å². The van der Waals surface area contributed by atoms with Crippen molar-refractivity contribution in [3.8, 4) is 0 Å². The van der Waals surface area contributed by atoms with Crippen LogP contribution >= 0.6 is 31.9 Å². The van der Waals surface area contributed by atoms with Crippen molar-refractivity contribution in [1.82, 2.24) is 0 Å². The van der Waals surface area contributed by atoms with Gasteiger partial charge in [0, 0.05) is 25.6 Å². The van der Waals surface area contributed by atoms with Crippen molar-refractivity contribution in [1.29, 1.82) is 0 Å². The summed E-state index contributed by atoms with van der Waals surface area (Å²) >= 11 is 6.84. The fourth-order valence-electron chi connectivity index (χ4n) is 5.57. The van der Waals surface area contributed by atoms with E-state index in [0.29, 0.717) is 38.3 Å². The number of allylic oxidation sites excluding steroid dienone is 3. The largest absolute Gasteiger partial charge is 0.489 e. The number of carbonyl (C=O) groups is 1. The Balaban J connectivity index is 0.000000202. The highest BCUT2D eigenvalue weighted by molar-refractivity contribution is 9.11. The predicted molar refractivity (Wildman–Crippen MR) is 238 cm³/mol. The van der Waals surface area contributed by atoms with E-state index in [4.69, 9.17) is 28.3 Å². The monoisotopic (exact) mass is 894 g/mol. The summed E-state index contributed by atoms with van der Waals surface area (Å²) in [7, 11) is -0.241. The SMILES string of the molecule is Brc1cc(Br)cc(C2OCCO2)c1.C=C(C)B1OC(C)(C)C(C)(C)O1.C=C(C)c1cc(C(=C)C)cc(C2OCCO2)c1.CC(C)c1cc(C=O)cc(C(C)C)c1. The molecule has 0 radical (unpaired) electrons. The summed E-state index contributed by atoms with van der Waals surface area (Å²) in [6, 6.07) is 18.4. The van der Waals surface area contributed by atoms with Crippen LogP contribution in [0.2, 0.25) is 0 Å². The molecule has 0 atom stereocenters. The molecule has 3 aromatic carbocycles. The molecule has 0 aromatic heterocycles. The molecule has 0 amide bonds. The second-order valence-electron chi connectivity index (χ2n) is 16.0. The van der Waals surface area contributed by atoms with E-state index in [2.05, 4.69) is 104 Å². The molecule has 0 saturated carbocycles. The molecule has 304 valence electrons. The molecule has 0 bridgehead atoms. The molecule has 3 aliphatic heterocycles. The quantitative estimate of drug-likeness (QED) is 0.165. The van der Waals surface area contributed by atoms with Gasteiger partial charge in [-0.05, 0) is 131 Å². The van der Waals surface area contributed by atoms with E-state index in [1.54, 1.807) is 0 Å². The van der Waals surface area contributed by atoms with Crippen LogP contribution in [0.1, 0.15) is 144 Å². The lowest BCUT2D eigenvalue weighted by Crippen LogP contribution is -2.41. The molecule has 3 aromatic rings. The van der Waals surface area contributed by atoms with Crippen LogP contribution in [0.3, 0.4) is 0 Å². The zero-order valence-corrected chi connectivity index (χ0v) is 38.4. The van der Waals surface area contributed by atoms with Crippen LogP contribution in [0, 0.1) is 0 Å². The van der Waals surface area contributed by atoms with Crippen molar-refractivity contribution in [2.45, 2.75) is 112 Å². The molecule has 10 heteroatoms. The highest BCUT2D eigenvalue weighted by atomic mass is 79.9. The Bertz CT molecular complexity index is 1730. The maximum atomic E-state index is 10.8. The molecule has 3 saturated heterocycles. The topological polar surface area (TPSA) is 72.5 Å². The van der Waals surface area contributed by atoms with Gasteiger partial charge in [-0.25, -0.2) is 0 Å². The number of halogens is 2. The summed E-state index contributed by atoms with van der Waals surface area (Å²) in [6.07, 6.45) is 0.485. The normalized spacial score (nSPS) is 17.4. The lowest BCUT2D eigenvalue weighted by Gasteiger charge is -2.32. The fraction of sp³-hybridized carbons (Fsp3) is 0.457. The van der Waals surface area contributed by atoms with Crippen LogP contribution in [0.15, 0.2) is 88.8 Å². The van der Waals surface area contributed by atoms with E-state index in [9.17, 15) is 4.79 Å². The first-order valence-electron chi connectivity index (χ1n) is 19.1. The molecular weight excluding hydrogens is 835 g/mol. The minimum absolute atomic E-state index is 0.200. The van der Waals surface area contributed by atoms with Gasteiger partial charge in [-0.1, -0.05) is 95.4 Å². The van der Waals surface area contributed by atoms with Crippen molar-refractivity contribution in [2.75, 3.05) is 26.4 Å². The maximum Gasteiger partial charge on any atom is 0.489 e. The standard InChI is InChI=1S/C15H18O2.C13H18O.C9H17BO2.C9H8Br2O2/c1-10(2)12-7-13(11(3)4)9-14(8-12)15-16-5-6-17-15;1-9(2)12-5-11(8-14)6-13(7-12)10(3)4;1-7(2)10-11-8(3,4)9(5,6)12-10;10-7-3-6(4-8(11)5-7)9-12-1-2-13-9/h7-9,15H,1,3,5-6H2,2,4H3;5-10H,1-4H3;1H2,2-6H3;3-5,9H,1-2H2. The smallest absolute Gasteiger partial charge is 0.400 e. The van der Waals surface area contributed by atoms with Gasteiger partial charge in [0.05, 0.1) is 37.6 Å². The summed E-state index contributed by atoms with van der Waals surface area (Å²) in [6.45, 7) is 37.1. The molecule has 56 heavy (non-hydrogen) atoms. The second-order valence-corrected chi connectivity index (χ2v) is 17.9. The number of aldehydes is 1. The number of rotatable bonds is 8. The summed E-state index contributed by atoms with van der Waals surface area (Å²) < 4.78 is 35.3. The Hall–Kier alpha value is -2.67. The second kappa shape index (κ2) is 21.4. The van der Waals surface area contributed by atoms with E-state index in [-0.39, 0.29) is 30.9 Å². The highest BCUT2D eigenvalue weighted by Gasteiger charge is 2.51. The van der Waals surface area contributed by atoms with Gasteiger partial charge in [0.15, 0.2) is 12.6 Å². The van der Waals surface area contributed by atoms with E-state index in [1.807, 2.05) is 78.8 Å². The number of carbonyl (C=O) groups excluding carboxylic acids is 1. The first-order chi connectivity index (χ1) is 26.1. The first-order valence-corrected chi connectivity index (χ1v) is 20.7. The third-order valence-corrected chi connectivity index (χ3v) is 10.7. The van der Waals surface area contributed by atoms with Gasteiger partial charge in [-0.2, -0.15) is 0 Å². The Morgan fingerprint density at radius 3 is 1.32 bits per heavy atom. The zero-order valence-electron chi connectivity index (χ0n) is 35.2. The number of hydrogen-bond donors (Lipinski definition) is 0. The molecule has 3 fully saturated rings. The summed E-state index contributed by atoms with van der Waals surface area (Å²) in [5.74, 6) is 0.958. The highest BCUT2D eigenvalue weighted by Crippen LogP contribution is 2.38. The van der Waals surface area contributed by atoms with Crippen molar-refractivity contribution < 1.29 is 33.1 Å². The third-order valence-electron chi connectivity index (χ3n) is 9.74. The van der Waals surface area contributed by atoms with Gasteiger partial charge >= 0.3 is 7.12 Å². The summed E-state index contributed by atoms with van der Waals surface area (Å²) in [4.78, 5) is 10.8.